The molecular weight excluding hydrogens is 198 g/mol. The number of hydrogen-bond donors (Lipinski definition) is 1. The quantitative estimate of drug-likeness (QED) is 0.416. The zero-order valence-corrected chi connectivity index (χ0v) is 7.68. The molecule has 2 rings (SSSR count). The van der Waals surface area contributed by atoms with E-state index in [-0.39, 0.29) is 17.0 Å². The van der Waals surface area contributed by atoms with Gasteiger partial charge in [-0.05, 0) is 22.8 Å². The highest BCUT2D eigenvalue weighted by Crippen LogP contribution is 2.17. The summed E-state index contributed by atoms with van der Waals surface area (Å²) in [5, 5.41) is 10.6. The lowest BCUT2D eigenvalue weighted by Crippen LogP contribution is -1.93. The molecule has 0 saturated carbocycles. The van der Waals surface area contributed by atoms with Crippen molar-refractivity contribution in [3.63, 3.8) is 0 Å². The second-order valence-electron chi connectivity index (χ2n) is 2.61. The molecule has 0 amide bonds. The predicted octanol–water partition coefficient (Wildman–Crippen LogP) is 0.632. The van der Waals surface area contributed by atoms with Gasteiger partial charge >= 0.3 is 5.82 Å². The van der Waals surface area contributed by atoms with Crippen molar-refractivity contribution in [1.29, 1.82) is 0 Å². The summed E-state index contributed by atoms with van der Waals surface area (Å²) in [6.07, 6.45) is 1.10. The fraction of sp³-hybridized carbons (Fsp3) is 0.125. The summed E-state index contributed by atoms with van der Waals surface area (Å²) in [5.74, 6) is 5.34. The van der Waals surface area contributed by atoms with Crippen LogP contribution in [0.2, 0.25) is 0 Å². The highest BCUT2D eigenvalue weighted by atomic mass is 16.6. The molecule has 15 heavy (non-hydrogen) atoms. The molecule has 0 aliphatic carbocycles. The molecule has 0 unspecified atom stereocenters. The summed E-state index contributed by atoms with van der Waals surface area (Å²) in [4.78, 5) is 24.0. The second-order valence-corrected chi connectivity index (χ2v) is 2.61. The first-order valence-corrected chi connectivity index (χ1v) is 4.00. The van der Waals surface area contributed by atoms with Crippen LogP contribution in [0.5, 0.6) is 0 Å². The van der Waals surface area contributed by atoms with Crippen LogP contribution in [-0.2, 0) is 0 Å². The molecular formula is C8H5N5O2. The van der Waals surface area contributed by atoms with E-state index in [0.717, 1.165) is 6.33 Å². The summed E-state index contributed by atoms with van der Waals surface area (Å²) in [6, 6.07) is 0. The highest BCUT2D eigenvalue weighted by Gasteiger charge is 2.17. The summed E-state index contributed by atoms with van der Waals surface area (Å²) >= 11 is 0. The number of aromatic nitrogens is 4. The zero-order valence-electron chi connectivity index (χ0n) is 7.68. The molecule has 2 aromatic rings. The number of nitrogens with zero attached hydrogens (tertiary/aromatic N) is 4. The van der Waals surface area contributed by atoms with E-state index in [1.807, 2.05) is 0 Å². The fourth-order valence-corrected chi connectivity index (χ4v) is 1.13. The third-order valence-corrected chi connectivity index (χ3v) is 1.68. The van der Waals surface area contributed by atoms with Gasteiger partial charge in [0.25, 0.3) is 0 Å². The fourth-order valence-electron chi connectivity index (χ4n) is 1.13. The van der Waals surface area contributed by atoms with Gasteiger partial charge in [-0.2, -0.15) is 4.98 Å². The Morgan fingerprint density at radius 2 is 2.33 bits per heavy atom. The first-order chi connectivity index (χ1) is 7.22. The molecule has 2 aromatic heterocycles. The molecule has 74 valence electrons. The number of H-pyrrole nitrogens is 1. The largest absolute Gasteiger partial charge is 0.392 e. The van der Waals surface area contributed by atoms with Gasteiger partial charge in [-0.15, -0.1) is 0 Å². The van der Waals surface area contributed by atoms with E-state index >= 15 is 0 Å². The summed E-state index contributed by atoms with van der Waals surface area (Å²) in [7, 11) is 0. The molecule has 0 fully saturated rings. The Balaban J connectivity index is 2.73. The van der Waals surface area contributed by atoms with Gasteiger partial charge in [0, 0.05) is 0 Å². The maximum Gasteiger partial charge on any atom is 0.392 e. The van der Waals surface area contributed by atoms with Crippen LogP contribution in [0.4, 0.5) is 5.82 Å². The Kier molecular flexibility index (Phi) is 2.02. The molecule has 2 heterocycles. The van der Waals surface area contributed by atoms with Crippen molar-refractivity contribution in [2.24, 2.45) is 0 Å². The van der Waals surface area contributed by atoms with Crippen LogP contribution in [-0.4, -0.2) is 24.9 Å². The van der Waals surface area contributed by atoms with Crippen molar-refractivity contribution in [3.05, 3.63) is 22.3 Å². The minimum atomic E-state index is -0.592. The molecule has 0 aliphatic heterocycles. The second kappa shape index (κ2) is 3.34. The third-order valence-electron chi connectivity index (χ3n) is 1.68. The van der Waals surface area contributed by atoms with Crippen molar-refractivity contribution in [3.8, 4) is 11.8 Å². The topological polar surface area (TPSA) is 97.6 Å². The first-order valence-electron chi connectivity index (χ1n) is 4.00. The molecule has 0 atom stereocenters. The summed E-state index contributed by atoms with van der Waals surface area (Å²) in [5.41, 5.74) is 0.440. The van der Waals surface area contributed by atoms with Crippen LogP contribution >= 0.6 is 0 Å². The van der Waals surface area contributed by atoms with Gasteiger partial charge in [0.2, 0.25) is 6.33 Å². The lowest BCUT2D eigenvalue weighted by Gasteiger charge is -1.90. The Morgan fingerprint density at radius 1 is 1.53 bits per heavy atom. The van der Waals surface area contributed by atoms with Crippen LogP contribution in [0, 0.1) is 22.0 Å². The standard InChI is InChI=1S/C8H5N5O2/c1-2-3-5-11-6-7(12-5)9-4-10-8(6)13(14)15/h4H,1H3,(H,9,10,11,12). The zero-order chi connectivity index (χ0) is 10.8. The SMILES string of the molecule is CC#Cc1nc2ncnc([N+](=O)[O-])c2[nH]1. The molecule has 0 radical (unpaired) electrons. The van der Waals surface area contributed by atoms with E-state index in [9.17, 15) is 10.1 Å². The van der Waals surface area contributed by atoms with Crippen molar-refractivity contribution >= 4 is 17.0 Å². The van der Waals surface area contributed by atoms with Crippen LogP contribution < -0.4 is 0 Å². The molecule has 0 saturated heterocycles. The molecule has 7 nitrogen and oxygen atoms in total. The van der Waals surface area contributed by atoms with Crippen LogP contribution in [0.3, 0.4) is 0 Å². The van der Waals surface area contributed by atoms with Gasteiger partial charge in [-0.3, -0.25) is 0 Å². The minimum absolute atomic E-state index is 0.195. The van der Waals surface area contributed by atoms with E-state index in [0.29, 0.717) is 5.82 Å². The monoisotopic (exact) mass is 203 g/mol. The van der Waals surface area contributed by atoms with E-state index in [2.05, 4.69) is 31.8 Å². The lowest BCUT2D eigenvalue weighted by molar-refractivity contribution is -0.387. The van der Waals surface area contributed by atoms with Gasteiger partial charge in [-0.25, -0.2) is 4.98 Å². The van der Waals surface area contributed by atoms with Gasteiger partial charge in [0.1, 0.15) is 0 Å². The lowest BCUT2D eigenvalue weighted by atomic mass is 10.5. The van der Waals surface area contributed by atoms with Gasteiger partial charge in [0.05, 0.1) is 0 Å². The van der Waals surface area contributed by atoms with E-state index < -0.39 is 4.92 Å². The molecule has 0 bridgehead atoms. The number of hydrogen-bond acceptors (Lipinski definition) is 5. The number of rotatable bonds is 1. The van der Waals surface area contributed by atoms with Crippen LogP contribution in [0.25, 0.3) is 11.2 Å². The molecule has 0 aromatic carbocycles. The highest BCUT2D eigenvalue weighted by molar-refractivity contribution is 5.79. The van der Waals surface area contributed by atoms with Gasteiger partial charge in [0.15, 0.2) is 17.0 Å². The smallest absolute Gasteiger partial charge is 0.358 e. The third kappa shape index (κ3) is 1.48. The minimum Gasteiger partial charge on any atom is -0.358 e. The van der Waals surface area contributed by atoms with Crippen molar-refractivity contribution in [2.75, 3.05) is 0 Å². The number of aromatic amines is 1. The van der Waals surface area contributed by atoms with Crippen LogP contribution in [0.15, 0.2) is 6.33 Å². The first kappa shape index (κ1) is 9.08. The van der Waals surface area contributed by atoms with Gasteiger partial charge < -0.3 is 15.1 Å². The molecule has 0 aliphatic rings. The number of nitrogens with one attached hydrogen (secondary N) is 1. The maximum absolute atomic E-state index is 10.6. The van der Waals surface area contributed by atoms with Crippen molar-refractivity contribution < 1.29 is 4.92 Å². The average Bonchev–Trinajstić information content (AvgIpc) is 2.59. The Labute approximate surface area is 83.7 Å². The van der Waals surface area contributed by atoms with Crippen LogP contribution in [0.1, 0.15) is 12.7 Å². The number of fused-ring (bicyclic) bond motifs is 1. The molecule has 1 N–H and O–H groups in total. The Morgan fingerprint density at radius 3 is 3.00 bits per heavy atom. The number of imidazole rings is 1. The predicted molar refractivity (Wildman–Crippen MR) is 50.9 cm³/mol. The average molecular weight is 203 g/mol. The Bertz CT molecular complexity index is 592. The van der Waals surface area contributed by atoms with E-state index in [1.165, 1.54) is 0 Å². The molecule has 7 heteroatoms. The van der Waals surface area contributed by atoms with Crippen molar-refractivity contribution in [1.82, 2.24) is 19.9 Å². The van der Waals surface area contributed by atoms with Gasteiger partial charge in [-0.1, -0.05) is 5.92 Å². The van der Waals surface area contributed by atoms with E-state index in [4.69, 9.17) is 0 Å². The summed E-state index contributed by atoms with van der Waals surface area (Å²) < 4.78 is 0. The van der Waals surface area contributed by atoms with E-state index in [1.54, 1.807) is 6.92 Å². The number of nitro groups is 1. The normalized spacial score (nSPS) is 9.67. The van der Waals surface area contributed by atoms with Crippen molar-refractivity contribution in [2.45, 2.75) is 6.92 Å². The molecule has 0 spiro atoms. The summed E-state index contributed by atoms with van der Waals surface area (Å²) in [6.45, 7) is 1.65. The maximum atomic E-state index is 10.6. The Hall–Kier alpha value is -2.49.